The first-order valence-corrected chi connectivity index (χ1v) is 11.1. The predicted molar refractivity (Wildman–Crippen MR) is 136 cm³/mol. The van der Waals surface area contributed by atoms with Gasteiger partial charge in [0, 0.05) is 32.5 Å². The number of likely N-dealkylation sites (tertiary alicyclic amines) is 1. The molecule has 1 aromatic carbocycles. The number of nitrogens with zero attached hydrogens (tertiary/aromatic N) is 4. The van der Waals surface area contributed by atoms with Gasteiger partial charge in [0.05, 0.1) is 5.69 Å². The highest BCUT2D eigenvalue weighted by Gasteiger charge is 2.08. The molecular formula is C23H37IN6. The lowest BCUT2D eigenvalue weighted by Crippen LogP contribution is -2.38. The molecule has 3 rings (SSSR count). The Morgan fingerprint density at radius 3 is 2.47 bits per heavy atom. The second-order valence-corrected chi connectivity index (χ2v) is 7.76. The third-order valence-corrected chi connectivity index (χ3v) is 5.53. The van der Waals surface area contributed by atoms with Gasteiger partial charge < -0.3 is 15.5 Å². The highest BCUT2D eigenvalue weighted by atomic mass is 127. The quantitative estimate of drug-likeness (QED) is 0.215. The maximum Gasteiger partial charge on any atom is 0.190 e. The smallest absolute Gasteiger partial charge is 0.190 e. The molecule has 0 radical (unpaired) electrons. The molecule has 1 aliphatic heterocycles. The SMILES string of the molecule is CN=C(NCCCCCN1CCCCC1)NCCc1ccc(-n2cccn2)cc1.I. The molecule has 1 aromatic heterocycles. The molecule has 1 fully saturated rings. The van der Waals surface area contributed by atoms with Gasteiger partial charge in [-0.3, -0.25) is 4.99 Å². The van der Waals surface area contributed by atoms with E-state index >= 15 is 0 Å². The first kappa shape index (κ1) is 24.7. The molecule has 0 amide bonds. The monoisotopic (exact) mass is 524 g/mol. The number of rotatable bonds is 10. The summed E-state index contributed by atoms with van der Waals surface area (Å²) in [5.41, 5.74) is 2.39. The summed E-state index contributed by atoms with van der Waals surface area (Å²) < 4.78 is 1.88. The zero-order valence-corrected chi connectivity index (χ0v) is 20.6. The van der Waals surface area contributed by atoms with Gasteiger partial charge in [-0.05, 0) is 75.5 Å². The van der Waals surface area contributed by atoms with Crippen molar-refractivity contribution in [2.24, 2.45) is 4.99 Å². The first-order chi connectivity index (χ1) is 14.3. The minimum absolute atomic E-state index is 0. The van der Waals surface area contributed by atoms with Gasteiger partial charge in [-0.15, -0.1) is 24.0 Å². The van der Waals surface area contributed by atoms with Gasteiger partial charge in [-0.2, -0.15) is 5.10 Å². The van der Waals surface area contributed by atoms with Gasteiger partial charge in [0.2, 0.25) is 0 Å². The van der Waals surface area contributed by atoms with Crippen molar-refractivity contribution in [3.05, 3.63) is 48.3 Å². The van der Waals surface area contributed by atoms with Crippen LogP contribution in [0.2, 0.25) is 0 Å². The second-order valence-electron chi connectivity index (χ2n) is 7.76. The van der Waals surface area contributed by atoms with Gasteiger partial charge >= 0.3 is 0 Å². The predicted octanol–water partition coefficient (Wildman–Crippen LogP) is 3.85. The van der Waals surface area contributed by atoms with Gasteiger partial charge in [-0.25, -0.2) is 4.68 Å². The number of benzene rings is 1. The molecule has 166 valence electrons. The summed E-state index contributed by atoms with van der Waals surface area (Å²) in [6.07, 6.45) is 12.7. The van der Waals surface area contributed by atoms with Crippen molar-refractivity contribution in [3.8, 4) is 5.69 Å². The lowest BCUT2D eigenvalue weighted by Gasteiger charge is -2.26. The third-order valence-electron chi connectivity index (χ3n) is 5.53. The van der Waals surface area contributed by atoms with Crippen LogP contribution in [0.25, 0.3) is 5.69 Å². The Kier molecular flexibility index (Phi) is 11.8. The van der Waals surface area contributed by atoms with Crippen molar-refractivity contribution in [2.75, 3.05) is 39.8 Å². The molecule has 0 aliphatic carbocycles. The Morgan fingerprint density at radius 2 is 1.77 bits per heavy atom. The first-order valence-electron chi connectivity index (χ1n) is 11.1. The number of nitrogens with one attached hydrogen (secondary N) is 2. The van der Waals surface area contributed by atoms with Crippen LogP contribution in [0.4, 0.5) is 0 Å². The van der Waals surface area contributed by atoms with E-state index in [4.69, 9.17) is 0 Å². The summed E-state index contributed by atoms with van der Waals surface area (Å²) in [4.78, 5) is 6.96. The molecule has 0 spiro atoms. The molecule has 0 atom stereocenters. The highest BCUT2D eigenvalue weighted by molar-refractivity contribution is 14.0. The van der Waals surface area contributed by atoms with E-state index in [1.807, 2.05) is 24.0 Å². The average Bonchev–Trinajstić information content (AvgIpc) is 3.31. The second kappa shape index (κ2) is 14.4. The molecule has 0 saturated carbocycles. The fourth-order valence-electron chi connectivity index (χ4n) is 3.81. The maximum atomic E-state index is 4.33. The van der Waals surface area contributed by atoms with Crippen LogP contribution < -0.4 is 10.6 Å². The zero-order chi connectivity index (χ0) is 20.2. The zero-order valence-electron chi connectivity index (χ0n) is 18.2. The van der Waals surface area contributed by atoms with E-state index in [1.54, 1.807) is 6.20 Å². The number of piperidine rings is 1. The van der Waals surface area contributed by atoms with Gasteiger partial charge in [0.1, 0.15) is 0 Å². The molecule has 6 nitrogen and oxygen atoms in total. The van der Waals surface area contributed by atoms with E-state index in [0.717, 1.165) is 31.2 Å². The summed E-state index contributed by atoms with van der Waals surface area (Å²) in [7, 11) is 1.84. The van der Waals surface area contributed by atoms with Crippen LogP contribution in [0, 0.1) is 0 Å². The van der Waals surface area contributed by atoms with Crippen molar-refractivity contribution in [1.82, 2.24) is 25.3 Å². The Hall–Kier alpha value is -1.61. The van der Waals surface area contributed by atoms with Crippen LogP contribution in [-0.4, -0.2) is 60.4 Å². The van der Waals surface area contributed by atoms with E-state index in [0.29, 0.717) is 0 Å². The van der Waals surface area contributed by atoms with Crippen LogP contribution in [0.5, 0.6) is 0 Å². The Balaban J connectivity index is 0.00000320. The standard InChI is InChI=1S/C23H36N6.HI/c1-24-23(25-14-4-2-5-17-28-18-6-3-7-19-28)26-16-13-21-9-11-22(12-10-21)29-20-8-15-27-29;/h8-12,15,20H,2-7,13-14,16-19H2,1H3,(H2,24,25,26);1H. The van der Waals surface area contributed by atoms with Gasteiger partial charge in [-0.1, -0.05) is 25.0 Å². The topological polar surface area (TPSA) is 57.5 Å². The number of halogens is 1. The summed E-state index contributed by atoms with van der Waals surface area (Å²) in [5.74, 6) is 0.897. The lowest BCUT2D eigenvalue weighted by atomic mass is 10.1. The lowest BCUT2D eigenvalue weighted by molar-refractivity contribution is 0.224. The van der Waals surface area contributed by atoms with E-state index in [-0.39, 0.29) is 24.0 Å². The van der Waals surface area contributed by atoms with Crippen LogP contribution in [0.3, 0.4) is 0 Å². The van der Waals surface area contributed by atoms with E-state index in [1.165, 1.54) is 63.7 Å². The molecule has 2 N–H and O–H groups in total. The average molecular weight is 524 g/mol. The summed E-state index contributed by atoms with van der Waals surface area (Å²) in [5, 5.41) is 11.1. The van der Waals surface area contributed by atoms with E-state index in [9.17, 15) is 0 Å². The number of guanidine groups is 1. The third kappa shape index (κ3) is 8.63. The van der Waals surface area contributed by atoms with Gasteiger partial charge in [0.15, 0.2) is 5.96 Å². The normalized spacial score (nSPS) is 14.9. The summed E-state index contributed by atoms with van der Waals surface area (Å²) >= 11 is 0. The molecule has 1 saturated heterocycles. The van der Waals surface area contributed by atoms with Crippen molar-refractivity contribution in [1.29, 1.82) is 0 Å². The molecule has 2 heterocycles. The highest BCUT2D eigenvalue weighted by Crippen LogP contribution is 2.10. The molecule has 0 unspecified atom stereocenters. The largest absolute Gasteiger partial charge is 0.356 e. The molecule has 2 aromatic rings. The Labute approximate surface area is 198 Å². The van der Waals surface area contributed by atoms with Crippen molar-refractivity contribution in [2.45, 2.75) is 44.9 Å². The number of unbranched alkanes of at least 4 members (excludes halogenated alkanes) is 2. The van der Waals surface area contributed by atoms with Crippen molar-refractivity contribution >= 4 is 29.9 Å². The number of hydrogen-bond acceptors (Lipinski definition) is 3. The van der Waals surface area contributed by atoms with Crippen LogP contribution in [0.15, 0.2) is 47.7 Å². The number of aliphatic imine (C=N–C) groups is 1. The number of hydrogen-bond donors (Lipinski definition) is 2. The number of aromatic nitrogens is 2. The fourth-order valence-corrected chi connectivity index (χ4v) is 3.81. The van der Waals surface area contributed by atoms with Crippen LogP contribution >= 0.6 is 24.0 Å². The minimum atomic E-state index is 0. The minimum Gasteiger partial charge on any atom is -0.356 e. The molecule has 30 heavy (non-hydrogen) atoms. The summed E-state index contributed by atoms with van der Waals surface area (Å²) in [6.45, 7) is 5.74. The van der Waals surface area contributed by atoms with E-state index < -0.39 is 0 Å². The fraction of sp³-hybridized carbons (Fsp3) is 0.565. The van der Waals surface area contributed by atoms with Crippen molar-refractivity contribution in [3.63, 3.8) is 0 Å². The molecular weight excluding hydrogens is 487 g/mol. The van der Waals surface area contributed by atoms with Crippen LogP contribution in [-0.2, 0) is 6.42 Å². The van der Waals surface area contributed by atoms with Crippen molar-refractivity contribution < 1.29 is 0 Å². The van der Waals surface area contributed by atoms with Gasteiger partial charge in [0.25, 0.3) is 0 Å². The Morgan fingerprint density at radius 1 is 1.00 bits per heavy atom. The maximum absolute atomic E-state index is 4.33. The summed E-state index contributed by atoms with van der Waals surface area (Å²) in [6, 6.07) is 10.5. The molecule has 7 heteroatoms. The van der Waals surface area contributed by atoms with E-state index in [2.05, 4.69) is 49.9 Å². The van der Waals surface area contributed by atoms with Crippen LogP contribution in [0.1, 0.15) is 44.1 Å². The molecule has 1 aliphatic rings. The molecule has 0 bridgehead atoms. The Bertz CT molecular complexity index is 708.